The lowest BCUT2D eigenvalue weighted by molar-refractivity contribution is -0.132. The summed E-state index contributed by atoms with van der Waals surface area (Å²) >= 11 is 21.4. The number of benzene rings is 6. The molecule has 3 saturated heterocycles. The number of likely N-dealkylation sites (N-methyl/N-ethyl adjacent to an activating group) is 1. The molecule has 21 rings (SSSR count). The molecule has 6 aliphatic heterocycles. The number of fused-ring (bicyclic) bond motifs is 18. The molecule has 0 aliphatic carbocycles. The first-order valence-electron chi connectivity index (χ1n) is 49.2. The highest BCUT2D eigenvalue weighted by atomic mass is 35.5. The van der Waals surface area contributed by atoms with Crippen LogP contribution in [0, 0.1) is 59.0 Å². The van der Waals surface area contributed by atoms with E-state index in [1.165, 1.54) is 32.3 Å². The lowest BCUT2D eigenvalue weighted by atomic mass is 9.93. The summed E-state index contributed by atoms with van der Waals surface area (Å²) in [5.41, 5.74) is 13.1. The Morgan fingerprint density at radius 3 is 1.18 bits per heavy atom. The van der Waals surface area contributed by atoms with Crippen LogP contribution < -0.4 is 46.5 Å². The molecule has 9 aromatic heterocycles. The Bertz CT molecular complexity index is 8330. The lowest BCUT2D eigenvalue weighted by Crippen LogP contribution is -2.66. The molecule has 6 aromatic carbocycles. The van der Waals surface area contributed by atoms with Crippen molar-refractivity contribution in [3.63, 3.8) is 0 Å². The van der Waals surface area contributed by atoms with Crippen LogP contribution in [0.4, 0.5) is 47.3 Å². The molecule has 15 aromatic rings. The number of nitrogens with zero attached hydrogens (tertiary/aromatic N) is 18. The Balaban J connectivity index is 0.000000139. The topological polar surface area (TPSA) is 317 Å². The van der Waals surface area contributed by atoms with Crippen molar-refractivity contribution >= 4 is 164 Å². The molecule has 4 N–H and O–H groups in total. The number of aromatic amines is 3. The van der Waals surface area contributed by atoms with Gasteiger partial charge in [0.1, 0.15) is 29.1 Å². The highest BCUT2D eigenvalue weighted by Crippen LogP contribution is 2.54. The van der Waals surface area contributed by atoms with Gasteiger partial charge in [0, 0.05) is 149 Å². The van der Waals surface area contributed by atoms with E-state index < -0.39 is 46.6 Å². The Hall–Kier alpha value is -14.8. The Morgan fingerprint density at radius 2 is 0.789 bits per heavy atom. The number of carbonyl (C=O) groups excluding carboxylic acids is 5. The lowest BCUT2D eigenvalue weighted by Gasteiger charge is -2.52. The Kier molecular flexibility index (Phi) is 26.7. The standard InChI is InChI=1S/C40H46ClFN8O2.C36H35ClFN7O3.C35H33ClFN7O3/c1-9-31(51)48-21-26-20-47(16-10-15-46(7)8)39-38(49(26)19-25(48)6)27-17-29(41)33(32-23(4)11-12-30-28(32)18-44-45-30)34(42)37(27)50(40(39)52)36-24(5)13-14-43-35(36)22(2)3;1-8-26(46)43-16-25-35(47)42(7)34-33(44(25)15-20(43)6)21-13-23(37)28(27-18(4)9-10-24-22(27)14-40-41-24)29(38)32(21)45(36(34)48)31-19(5)11-12-39-30(31)17(2)3;1-7-25(45)42-15-24-34(46)40-30-33(43(24)14-19(42)6)20-12-22(36)27(26-17(4)8-9-23-21(26)13-39-41-23)28(37)32(20)44(35(30)47)31-18(5)10-11-38-29(31)16(2)3/h9,11-14,17-18,22,25-26H,1,10,15-16,19-21H2,2-8H3,(H,44,45);8-14,17,20,25H,1,15-16H2,2-7H3,(H,40,41);7-13,16,19,24H,1,14-15H2,2-6H3,(H,39,41)(H,40,46). The molecule has 0 spiro atoms. The molecule has 6 atom stereocenters. The van der Waals surface area contributed by atoms with Gasteiger partial charge < -0.3 is 49.4 Å². The Morgan fingerprint density at radius 1 is 0.435 bits per heavy atom. The fourth-order valence-corrected chi connectivity index (χ4v) is 23.6. The average molecular weight is 2050 g/mol. The van der Waals surface area contributed by atoms with Crippen molar-refractivity contribution in [3.8, 4) is 50.4 Å². The van der Waals surface area contributed by atoms with E-state index >= 15 is 22.8 Å². The number of H-pyrrole nitrogens is 3. The van der Waals surface area contributed by atoms with Crippen molar-refractivity contribution in [3.05, 3.63) is 262 Å². The maximum absolute atomic E-state index is 18.1. The molecular weight excluding hydrogens is 1930 g/mol. The minimum atomic E-state index is -0.823. The number of anilines is 6. The van der Waals surface area contributed by atoms with E-state index in [4.69, 9.17) is 39.8 Å². The molecule has 0 bridgehead atoms. The molecular formula is C111H114Cl3F3N22O8. The maximum Gasteiger partial charge on any atom is 0.281 e. The Labute approximate surface area is 861 Å². The van der Waals surface area contributed by atoms with Crippen molar-refractivity contribution in [2.45, 2.75) is 164 Å². The number of halogens is 6. The fraction of sp³-hybridized carbons (Fsp3) is 0.333. The van der Waals surface area contributed by atoms with Crippen LogP contribution in [0.1, 0.15) is 137 Å². The van der Waals surface area contributed by atoms with Gasteiger partial charge in [0.25, 0.3) is 22.6 Å². The van der Waals surface area contributed by atoms with Crippen LogP contribution in [0.15, 0.2) is 162 Å². The van der Waals surface area contributed by atoms with Crippen molar-refractivity contribution in [2.24, 2.45) is 0 Å². The van der Waals surface area contributed by atoms with E-state index in [9.17, 15) is 28.8 Å². The quantitative estimate of drug-likeness (QED) is 0.0653. The summed E-state index contributed by atoms with van der Waals surface area (Å²) in [6.45, 7) is 43.3. The van der Waals surface area contributed by atoms with Gasteiger partial charge in [0.05, 0.1) is 137 Å². The molecule has 6 unspecified atom stereocenters. The normalized spacial score (nSPS) is 17.6. The van der Waals surface area contributed by atoms with Crippen LogP contribution in [0.2, 0.25) is 15.1 Å². The summed E-state index contributed by atoms with van der Waals surface area (Å²) in [4.78, 5) is 142. The molecule has 3 fully saturated rings. The van der Waals surface area contributed by atoms with Gasteiger partial charge in [0.2, 0.25) is 23.6 Å². The second kappa shape index (κ2) is 38.9. The average Bonchev–Trinajstić information content (AvgIpc) is 1.29. The summed E-state index contributed by atoms with van der Waals surface area (Å²) < 4.78 is 57.9. The van der Waals surface area contributed by atoms with Crippen molar-refractivity contribution in [1.29, 1.82) is 0 Å². The monoisotopic (exact) mass is 2040 g/mol. The summed E-state index contributed by atoms with van der Waals surface area (Å²) in [7, 11) is 5.60. The largest absolute Gasteiger partial charge is 0.363 e. The van der Waals surface area contributed by atoms with E-state index in [1.54, 1.807) is 87.8 Å². The SMILES string of the molecule is C=CC(=O)N1CC2C(=O)N(C)c3c(c4cc(Cl)c(-c5c(C)ccc6[nH]ncc56)c(F)c4n(-c4c(C)ccnc4C(C)C)c3=O)N2CC1C.C=CC(=O)N1CC2C(=O)Nc3c(c4cc(Cl)c(-c5c(C)ccc6[nH]ncc56)c(F)c4n(-c4c(C)ccnc4C(C)C)c3=O)N2CC1C.C=CC(=O)N1CC2CN(CCCN(C)C)c3c(c4cc(Cl)c(-c5c(C)ccc6[nH]ncc56)c(F)c4n(-c4c(C)ccnc4C(C)C)c3=O)N2CC1C. The number of hydrogen-bond acceptors (Lipinski definition) is 19. The van der Waals surface area contributed by atoms with E-state index in [0.29, 0.717) is 149 Å². The molecule has 36 heteroatoms. The molecule has 5 amide bonds. The zero-order chi connectivity index (χ0) is 105. The number of amides is 5. The number of aryl methyl sites for hydroxylation is 6. The number of aromatic nitrogens is 12. The number of hydrogen-bond donors (Lipinski definition) is 4. The van der Waals surface area contributed by atoms with Gasteiger partial charge in [-0.2, -0.15) is 15.3 Å². The summed E-state index contributed by atoms with van der Waals surface area (Å²) in [6.07, 6.45) is 14.6. The van der Waals surface area contributed by atoms with Crippen LogP contribution in [-0.4, -0.2) is 225 Å². The van der Waals surface area contributed by atoms with Gasteiger partial charge in [-0.25, -0.2) is 13.2 Å². The molecule has 0 radical (unpaired) electrons. The predicted octanol–water partition coefficient (Wildman–Crippen LogP) is 18.9. The third-order valence-electron chi connectivity index (χ3n) is 29.8. The molecule has 147 heavy (non-hydrogen) atoms. The number of carbonyl (C=O) groups is 5. The van der Waals surface area contributed by atoms with E-state index in [-0.39, 0.29) is 157 Å². The number of nitrogens with one attached hydrogen (secondary N) is 4. The number of pyridine rings is 6. The van der Waals surface area contributed by atoms with E-state index in [0.717, 1.165) is 46.1 Å². The fourth-order valence-electron chi connectivity index (χ4n) is 22.8. The zero-order valence-corrected chi connectivity index (χ0v) is 87.4. The van der Waals surface area contributed by atoms with Gasteiger partial charge in [-0.15, -0.1) is 0 Å². The number of rotatable bonds is 16. The van der Waals surface area contributed by atoms with E-state index in [1.807, 2.05) is 176 Å². The summed E-state index contributed by atoms with van der Waals surface area (Å²) in [6, 6.07) is 19.3. The zero-order valence-electron chi connectivity index (χ0n) is 85.1. The minimum Gasteiger partial charge on any atom is -0.363 e. The van der Waals surface area contributed by atoms with Crippen molar-refractivity contribution in [1.82, 2.24) is 78.8 Å². The van der Waals surface area contributed by atoms with Gasteiger partial charge in [-0.1, -0.05) is 114 Å². The van der Waals surface area contributed by atoms with Gasteiger partial charge >= 0.3 is 0 Å². The summed E-state index contributed by atoms with van der Waals surface area (Å²) in [5, 5.41) is 28.2. The second-order valence-electron chi connectivity index (χ2n) is 40.4. The molecule has 6 aliphatic rings. The summed E-state index contributed by atoms with van der Waals surface area (Å²) in [5.74, 6) is -3.76. The van der Waals surface area contributed by atoms with Crippen LogP contribution >= 0.6 is 34.8 Å². The van der Waals surface area contributed by atoms with Crippen LogP contribution in [0.5, 0.6) is 0 Å². The number of piperazine rings is 3. The third-order valence-corrected chi connectivity index (χ3v) is 30.7. The molecule has 30 nitrogen and oxygen atoms in total. The van der Waals surface area contributed by atoms with Crippen LogP contribution in [-0.2, 0) is 24.0 Å². The molecule has 0 saturated carbocycles. The van der Waals surface area contributed by atoms with Gasteiger partial charge in [-0.3, -0.25) is 82.3 Å². The predicted molar refractivity (Wildman–Crippen MR) is 578 cm³/mol. The first kappa shape index (κ1) is 101. The van der Waals surface area contributed by atoms with Crippen molar-refractivity contribution in [2.75, 3.05) is 110 Å². The first-order valence-corrected chi connectivity index (χ1v) is 50.3. The minimum absolute atomic E-state index is 0.0122. The van der Waals surface area contributed by atoms with Gasteiger partial charge in [0.15, 0.2) is 17.5 Å². The maximum atomic E-state index is 18.1. The van der Waals surface area contributed by atoms with Crippen LogP contribution in [0.3, 0.4) is 0 Å². The second-order valence-corrected chi connectivity index (χ2v) is 41.7. The van der Waals surface area contributed by atoms with Crippen LogP contribution in [0.25, 0.3) is 116 Å². The highest BCUT2D eigenvalue weighted by molar-refractivity contribution is 6.37. The smallest absolute Gasteiger partial charge is 0.281 e. The third kappa shape index (κ3) is 16.5. The first-order chi connectivity index (χ1) is 70.1. The van der Waals surface area contributed by atoms with Crippen molar-refractivity contribution < 1.29 is 37.1 Å². The van der Waals surface area contributed by atoms with E-state index in [2.05, 4.69) is 80.3 Å². The highest BCUT2D eigenvalue weighted by Gasteiger charge is 2.50. The molecule has 758 valence electrons. The molecule has 15 heterocycles. The van der Waals surface area contributed by atoms with Gasteiger partial charge in [-0.05, 0) is 213 Å².